The molecule has 2 aromatic heterocycles. The maximum atomic E-state index is 12.7. The van der Waals surface area contributed by atoms with Crippen LogP contribution in [0.5, 0.6) is 0 Å². The minimum atomic E-state index is -0.233. The Labute approximate surface area is 149 Å². The Morgan fingerprint density at radius 2 is 1.73 bits per heavy atom. The fourth-order valence-corrected chi connectivity index (χ4v) is 2.99. The molecule has 5 nitrogen and oxygen atoms in total. The number of hydrogen-bond acceptors (Lipinski definition) is 3. The van der Waals surface area contributed by atoms with E-state index in [1.165, 1.54) is 4.40 Å². The van der Waals surface area contributed by atoms with Gasteiger partial charge in [-0.3, -0.25) is 14.0 Å². The van der Waals surface area contributed by atoms with Gasteiger partial charge in [0.25, 0.3) is 11.5 Å². The molecule has 0 bridgehead atoms. The lowest BCUT2D eigenvalue weighted by molar-refractivity contribution is 0.0939. The van der Waals surface area contributed by atoms with Gasteiger partial charge in [0.05, 0.1) is 22.5 Å². The third-order valence-corrected chi connectivity index (χ3v) is 4.42. The standard InChI is InChI=1S/C21H17N3O2/c1-14(15-7-3-2-4-8-15)22-20(25)16-11-12-19-23-18-10-6-5-9-17(18)21(26)24(19)13-16/h2-14H,1H3,(H,22,25). The number of nitrogens with zero attached hydrogens (tertiary/aromatic N) is 2. The van der Waals surface area contributed by atoms with Gasteiger partial charge >= 0.3 is 0 Å². The van der Waals surface area contributed by atoms with Crippen molar-refractivity contribution in [2.45, 2.75) is 13.0 Å². The predicted octanol–water partition coefficient (Wildman–Crippen LogP) is 3.34. The van der Waals surface area contributed by atoms with E-state index in [9.17, 15) is 9.59 Å². The fourth-order valence-electron chi connectivity index (χ4n) is 2.99. The molecule has 4 rings (SSSR count). The first-order valence-electron chi connectivity index (χ1n) is 8.40. The van der Waals surface area contributed by atoms with Crippen LogP contribution in [-0.2, 0) is 0 Å². The molecule has 5 heteroatoms. The molecule has 0 saturated carbocycles. The van der Waals surface area contributed by atoms with Gasteiger partial charge in [0.1, 0.15) is 5.65 Å². The summed E-state index contributed by atoms with van der Waals surface area (Å²) in [6, 6.07) is 20.2. The van der Waals surface area contributed by atoms with Crippen LogP contribution in [0.4, 0.5) is 0 Å². The Morgan fingerprint density at radius 3 is 2.54 bits per heavy atom. The number of pyridine rings is 1. The smallest absolute Gasteiger partial charge is 0.265 e. The van der Waals surface area contributed by atoms with Gasteiger partial charge in [-0.2, -0.15) is 0 Å². The summed E-state index contributed by atoms with van der Waals surface area (Å²) in [6.45, 7) is 1.93. The van der Waals surface area contributed by atoms with Crippen molar-refractivity contribution in [3.05, 3.63) is 94.4 Å². The molecule has 0 aliphatic heterocycles. The number of rotatable bonds is 3. The van der Waals surface area contributed by atoms with Crippen molar-refractivity contribution in [3.63, 3.8) is 0 Å². The highest BCUT2D eigenvalue weighted by Crippen LogP contribution is 2.13. The summed E-state index contributed by atoms with van der Waals surface area (Å²) in [4.78, 5) is 29.8. The molecular formula is C21H17N3O2. The summed E-state index contributed by atoms with van der Waals surface area (Å²) in [5.41, 5.74) is 2.41. The second kappa shape index (κ2) is 6.44. The molecule has 128 valence electrons. The second-order valence-electron chi connectivity index (χ2n) is 6.19. The van der Waals surface area contributed by atoms with Crippen LogP contribution in [0.25, 0.3) is 16.6 Å². The normalized spacial score (nSPS) is 12.2. The highest BCUT2D eigenvalue weighted by Gasteiger charge is 2.13. The molecule has 4 aromatic rings. The van der Waals surface area contributed by atoms with E-state index in [0.717, 1.165) is 5.56 Å². The maximum Gasteiger partial charge on any atom is 0.265 e. The van der Waals surface area contributed by atoms with E-state index < -0.39 is 0 Å². The van der Waals surface area contributed by atoms with Crippen LogP contribution in [0.15, 0.2) is 77.7 Å². The van der Waals surface area contributed by atoms with Gasteiger partial charge < -0.3 is 5.32 Å². The molecular weight excluding hydrogens is 326 g/mol. The van der Waals surface area contributed by atoms with Crippen LogP contribution >= 0.6 is 0 Å². The number of carbonyl (C=O) groups excluding carboxylic acids is 1. The maximum absolute atomic E-state index is 12.7. The first kappa shape index (κ1) is 16.0. The number of benzene rings is 2. The Hall–Kier alpha value is -3.47. The molecule has 0 fully saturated rings. The van der Waals surface area contributed by atoms with Crippen molar-refractivity contribution in [2.24, 2.45) is 0 Å². The van der Waals surface area contributed by atoms with Gasteiger partial charge in [-0.25, -0.2) is 4.98 Å². The molecule has 1 atom stereocenters. The zero-order chi connectivity index (χ0) is 18.1. The van der Waals surface area contributed by atoms with Gasteiger partial charge in [0.2, 0.25) is 0 Å². The highest BCUT2D eigenvalue weighted by atomic mass is 16.2. The molecule has 0 aliphatic rings. The lowest BCUT2D eigenvalue weighted by Gasteiger charge is -2.14. The molecule has 26 heavy (non-hydrogen) atoms. The van der Waals surface area contributed by atoms with Gasteiger partial charge in [-0.15, -0.1) is 0 Å². The van der Waals surface area contributed by atoms with Crippen molar-refractivity contribution in [1.29, 1.82) is 0 Å². The second-order valence-corrected chi connectivity index (χ2v) is 6.19. The van der Waals surface area contributed by atoms with Crippen LogP contribution in [0.2, 0.25) is 0 Å². The summed E-state index contributed by atoms with van der Waals surface area (Å²) >= 11 is 0. The molecule has 0 aliphatic carbocycles. The lowest BCUT2D eigenvalue weighted by atomic mass is 10.1. The average Bonchev–Trinajstić information content (AvgIpc) is 2.68. The monoisotopic (exact) mass is 343 g/mol. The number of para-hydroxylation sites is 1. The molecule has 2 heterocycles. The third kappa shape index (κ3) is 2.84. The van der Waals surface area contributed by atoms with Crippen molar-refractivity contribution in [3.8, 4) is 0 Å². The fraction of sp³-hybridized carbons (Fsp3) is 0.0952. The Bertz CT molecular complexity index is 1170. The number of fused-ring (bicyclic) bond motifs is 2. The van der Waals surface area contributed by atoms with Gasteiger partial charge in [-0.05, 0) is 36.8 Å². The Balaban J connectivity index is 1.70. The van der Waals surface area contributed by atoms with E-state index in [2.05, 4.69) is 10.3 Å². The molecule has 0 spiro atoms. The van der Waals surface area contributed by atoms with Crippen molar-refractivity contribution < 1.29 is 4.79 Å². The van der Waals surface area contributed by atoms with Crippen LogP contribution in [0.3, 0.4) is 0 Å². The Kier molecular flexibility index (Phi) is 3.97. The van der Waals surface area contributed by atoms with Crippen molar-refractivity contribution in [2.75, 3.05) is 0 Å². The van der Waals surface area contributed by atoms with Crippen molar-refractivity contribution >= 4 is 22.5 Å². The zero-order valence-corrected chi connectivity index (χ0v) is 14.2. The molecule has 1 unspecified atom stereocenters. The number of carbonyl (C=O) groups is 1. The highest BCUT2D eigenvalue weighted by molar-refractivity contribution is 5.94. The number of amides is 1. The zero-order valence-electron chi connectivity index (χ0n) is 14.2. The van der Waals surface area contributed by atoms with E-state index in [-0.39, 0.29) is 17.5 Å². The molecule has 1 N–H and O–H groups in total. The summed E-state index contributed by atoms with van der Waals surface area (Å²) < 4.78 is 1.42. The van der Waals surface area contributed by atoms with Gasteiger partial charge in [-0.1, -0.05) is 42.5 Å². The average molecular weight is 343 g/mol. The third-order valence-electron chi connectivity index (χ3n) is 4.42. The summed E-state index contributed by atoms with van der Waals surface area (Å²) in [7, 11) is 0. The molecule has 1 amide bonds. The number of hydrogen-bond donors (Lipinski definition) is 1. The van der Waals surface area contributed by atoms with E-state index in [1.54, 1.807) is 36.5 Å². The molecule has 0 radical (unpaired) electrons. The van der Waals surface area contributed by atoms with Crippen LogP contribution in [-0.4, -0.2) is 15.3 Å². The van der Waals surface area contributed by atoms with Gasteiger partial charge in [0, 0.05) is 6.20 Å². The van der Waals surface area contributed by atoms with Crippen LogP contribution < -0.4 is 10.9 Å². The molecule has 2 aromatic carbocycles. The van der Waals surface area contributed by atoms with E-state index >= 15 is 0 Å². The predicted molar refractivity (Wildman–Crippen MR) is 101 cm³/mol. The topological polar surface area (TPSA) is 63.5 Å². The van der Waals surface area contributed by atoms with Crippen LogP contribution in [0, 0.1) is 0 Å². The van der Waals surface area contributed by atoms with Gasteiger partial charge in [0.15, 0.2) is 0 Å². The minimum Gasteiger partial charge on any atom is -0.345 e. The van der Waals surface area contributed by atoms with Crippen molar-refractivity contribution in [1.82, 2.24) is 14.7 Å². The minimum absolute atomic E-state index is 0.133. The van der Waals surface area contributed by atoms with E-state index in [1.807, 2.05) is 43.3 Å². The first-order valence-corrected chi connectivity index (χ1v) is 8.40. The van der Waals surface area contributed by atoms with E-state index in [4.69, 9.17) is 0 Å². The van der Waals surface area contributed by atoms with Crippen LogP contribution in [0.1, 0.15) is 28.9 Å². The Morgan fingerprint density at radius 1 is 1.00 bits per heavy atom. The summed E-state index contributed by atoms with van der Waals surface area (Å²) in [5.74, 6) is -0.233. The quantitative estimate of drug-likeness (QED) is 0.580. The largest absolute Gasteiger partial charge is 0.345 e. The molecule has 0 saturated heterocycles. The number of nitrogens with one attached hydrogen (secondary N) is 1. The lowest BCUT2D eigenvalue weighted by Crippen LogP contribution is -2.27. The summed E-state index contributed by atoms with van der Waals surface area (Å²) in [6.07, 6.45) is 1.55. The first-order chi connectivity index (χ1) is 12.6. The SMILES string of the molecule is CC(NC(=O)c1ccc2nc3ccccc3c(=O)n2c1)c1ccccc1. The number of aromatic nitrogens is 2. The van der Waals surface area contributed by atoms with E-state index in [0.29, 0.717) is 22.1 Å². The summed E-state index contributed by atoms with van der Waals surface area (Å²) in [5, 5.41) is 3.49.